The van der Waals surface area contributed by atoms with Crippen LogP contribution in [0.4, 0.5) is 0 Å². The van der Waals surface area contributed by atoms with E-state index >= 15 is 0 Å². The van der Waals surface area contributed by atoms with Crippen molar-refractivity contribution in [3.63, 3.8) is 0 Å². The van der Waals surface area contributed by atoms with E-state index in [1.54, 1.807) is 0 Å². The van der Waals surface area contributed by atoms with Crippen molar-refractivity contribution in [2.75, 3.05) is 13.1 Å². The zero-order valence-electron chi connectivity index (χ0n) is 10.5. The zero-order valence-corrected chi connectivity index (χ0v) is 10.5. The van der Waals surface area contributed by atoms with Crippen LogP contribution in [0.2, 0.25) is 12.6 Å². The van der Waals surface area contributed by atoms with E-state index in [4.69, 9.17) is 0 Å². The Bertz CT molecular complexity index is 168. The first-order valence-electron chi connectivity index (χ1n) is 6.08. The fraction of sp³-hybridized carbons (Fsp3) is 1.00. The monoisotopic (exact) mass is 194 g/mol. The molecule has 1 heterocycles. The highest BCUT2D eigenvalue weighted by Crippen LogP contribution is 2.33. The van der Waals surface area contributed by atoms with Gasteiger partial charge in [0.05, 0.1) is 0 Å². The van der Waals surface area contributed by atoms with Gasteiger partial charge in [-0.25, -0.2) is 0 Å². The molecule has 0 spiro atoms. The van der Waals surface area contributed by atoms with Crippen molar-refractivity contribution in [3.8, 4) is 0 Å². The number of likely N-dealkylation sites (tertiary alicyclic amines) is 1. The van der Waals surface area contributed by atoms with E-state index in [1.165, 1.54) is 19.5 Å². The molecular weight excluding hydrogens is 169 g/mol. The van der Waals surface area contributed by atoms with Gasteiger partial charge in [-0.15, -0.1) is 0 Å². The van der Waals surface area contributed by atoms with E-state index in [0.717, 1.165) is 23.7 Å². The highest BCUT2D eigenvalue weighted by Gasteiger charge is 2.32. The van der Waals surface area contributed by atoms with Crippen LogP contribution in [0.3, 0.4) is 0 Å². The fourth-order valence-corrected chi connectivity index (χ4v) is 2.59. The van der Waals surface area contributed by atoms with E-state index in [1.807, 2.05) is 0 Å². The molecule has 14 heavy (non-hydrogen) atoms. The molecule has 1 aliphatic heterocycles. The molecule has 0 N–H and O–H groups in total. The van der Waals surface area contributed by atoms with Gasteiger partial charge in [-0.2, -0.15) is 0 Å². The Hall–Kier alpha value is 0.0249. The van der Waals surface area contributed by atoms with Crippen LogP contribution in [0.1, 0.15) is 34.1 Å². The van der Waals surface area contributed by atoms with E-state index in [-0.39, 0.29) is 0 Å². The minimum absolute atomic E-state index is 0.717. The topological polar surface area (TPSA) is 3.24 Å². The molecule has 2 unspecified atom stereocenters. The molecular formula is C12H25BN. The Labute approximate surface area is 90.5 Å². The van der Waals surface area contributed by atoms with Crippen LogP contribution in [0.25, 0.3) is 0 Å². The van der Waals surface area contributed by atoms with Gasteiger partial charge in [0.1, 0.15) is 7.28 Å². The Morgan fingerprint density at radius 2 is 1.86 bits per heavy atom. The lowest BCUT2D eigenvalue weighted by atomic mass is 9.61. The van der Waals surface area contributed by atoms with Gasteiger partial charge < -0.3 is 4.90 Å². The summed E-state index contributed by atoms with van der Waals surface area (Å²) in [7, 11) is 2.41. The molecule has 0 saturated carbocycles. The SMILES string of the molecule is C[B]C1CN(C(C)C)CC1CC(C)C. The molecule has 2 atom stereocenters. The van der Waals surface area contributed by atoms with Gasteiger partial charge in [-0.05, 0) is 38.6 Å². The molecule has 1 nitrogen and oxygen atoms in total. The highest BCUT2D eigenvalue weighted by molar-refractivity contribution is 6.36. The van der Waals surface area contributed by atoms with Gasteiger partial charge in [0.15, 0.2) is 0 Å². The van der Waals surface area contributed by atoms with Gasteiger partial charge in [0.25, 0.3) is 0 Å². The van der Waals surface area contributed by atoms with Crippen molar-refractivity contribution in [1.82, 2.24) is 4.90 Å². The highest BCUT2D eigenvalue weighted by atomic mass is 15.2. The third-order valence-electron chi connectivity index (χ3n) is 3.45. The second kappa shape index (κ2) is 5.20. The van der Waals surface area contributed by atoms with Crippen LogP contribution in [0.15, 0.2) is 0 Å². The summed E-state index contributed by atoms with van der Waals surface area (Å²) in [6.45, 7) is 14.1. The summed E-state index contributed by atoms with van der Waals surface area (Å²) in [6, 6.07) is 0.717. The Morgan fingerprint density at radius 3 is 2.29 bits per heavy atom. The van der Waals surface area contributed by atoms with Crippen molar-refractivity contribution in [2.45, 2.75) is 52.8 Å². The van der Waals surface area contributed by atoms with E-state index < -0.39 is 0 Å². The number of rotatable bonds is 4. The summed E-state index contributed by atoms with van der Waals surface area (Å²) in [5.41, 5.74) is 0. The first-order chi connectivity index (χ1) is 6.54. The summed E-state index contributed by atoms with van der Waals surface area (Å²) in [5.74, 6) is 2.58. The van der Waals surface area contributed by atoms with Gasteiger partial charge in [0.2, 0.25) is 0 Å². The van der Waals surface area contributed by atoms with Crippen molar-refractivity contribution in [3.05, 3.63) is 0 Å². The van der Waals surface area contributed by atoms with Crippen LogP contribution in [-0.2, 0) is 0 Å². The summed E-state index contributed by atoms with van der Waals surface area (Å²) in [4.78, 5) is 2.62. The number of hydrogen-bond acceptors (Lipinski definition) is 1. The predicted molar refractivity (Wildman–Crippen MR) is 65.0 cm³/mol. The van der Waals surface area contributed by atoms with Crippen molar-refractivity contribution < 1.29 is 0 Å². The standard InChI is InChI=1S/C12H25BN/c1-9(2)6-11-7-14(10(3)4)8-12(11)13-5/h9-12H,6-8H2,1-5H3. The van der Waals surface area contributed by atoms with Crippen LogP contribution in [0, 0.1) is 11.8 Å². The van der Waals surface area contributed by atoms with E-state index in [9.17, 15) is 0 Å². The lowest BCUT2D eigenvalue weighted by Gasteiger charge is -2.20. The van der Waals surface area contributed by atoms with Crippen LogP contribution >= 0.6 is 0 Å². The first kappa shape index (κ1) is 12.1. The Balaban J connectivity index is 2.49. The molecule has 1 fully saturated rings. The molecule has 0 aromatic rings. The third-order valence-corrected chi connectivity index (χ3v) is 3.45. The van der Waals surface area contributed by atoms with Crippen molar-refractivity contribution in [1.29, 1.82) is 0 Å². The maximum absolute atomic E-state index is 2.62. The van der Waals surface area contributed by atoms with Crippen molar-refractivity contribution >= 4 is 7.28 Å². The van der Waals surface area contributed by atoms with Crippen LogP contribution < -0.4 is 0 Å². The average Bonchev–Trinajstić information content (AvgIpc) is 2.46. The lowest BCUT2D eigenvalue weighted by Crippen LogP contribution is -2.28. The predicted octanol–water partition coefficient (Wildman–Crippen LogP) is 2.91. The Morgan fingerprint density at radius 1 is 1.21 bits per heavy atom. The molecule has 81 valence electrons. The zero-order chi connectivity index (χ0) is 10.7. The molecule has 1 rings (SSSR count). The molecule has 1 radical (unpaired) electrons. The van der Waals surface area contributed by atoms with Gasteiger partial charge >= 0.3 is 0 Å². The maximum Gasteiger partial charge on any atom is 0.112 e. The van der Waals surface area contributed by atoms with E-state index in [2.05, 4.69) is 46.7 Å². The average molecular weight is 194 g/mol. The van der Waals surface area contributed by atoms with Crippen LogP contribution in [-0.4, -0.2) is 31.3 Å². The molecule has 0 aromatic heterocycles. The summed E-state index contributed by atoms with van der Waals surface area (Å²) >= 11 is 0. The molecule has 1 saturated heterocycles. The van der Waals surface area contributed by atoms with Gasteiger partial charge in [0, 0.05) is 12.6 Å². The van der Waals surface area contributed by atoms with Gasteiger partial charge in [-0.1, -0.05) is 26.5 Å². The Kier molecular flexibility index (Phi) is 4.50. The van der Waals surface area contributed by atoms with E-state index in [0.29, 0.717) is 0 Å². The second-order valence-electron chi connectivity index (χ2n) is 5.43. The quantitative estimate of drug-likeness (QED) is 0.622. The largest absolute Gasteiger partial charge is 0.301 e. The second-order valence-corrected chi connectivity index (χ2v) is 5.43. The summed E-state index contributed by atoms with van der Waals surface area (Å²) in [5, 5.41) is 0. The maximum atomic E-state index is 2.62. The smallest absolute Gasteiger partial charge is 0.112 e. The minimum Gasteiger partial charge on any atom is -0.301 e. The third kappa shape index (κ3) is 3.01. The number of nitrogens with zero attached hydrogens (tertiary/aromatic N) is 1. The fourth-order valence-electron chi connectivity index (χ4n) is 2.59. The number of hydrogen-bond donors (Lipinski definition) is 0. The molecule has 2 heteroatoms. The minimum atomic E-state index is 0.717. The van der Waals surface area contributed by atoms with Gasteiger partial charge in [-0.3, -0.25) is 0 Å². The molecule has 0 bridgehead atoms. The molecule has 1 aliphatic rings. The molecule has 0 aliphatic carbocycles. The normalized spacial score (nSPS) is 29.1. The lowest BCUT2D eigenvalue weighted by molar-refractivity contribution is 0.259. The first-order valence-corrected chi connectivity index (χ1v) is 6.08. The van der Waals surface area contributed by atoms with Crippen LogP contribution in [0.5, 0.6) is 0 Å². The van der Waals surface area contributed by atoms with Crippen molar-refractivity contribution in [2.24, 2.45) is 11.8 Å². The molecule has 0 aromatic carbocycles. The summed E-state index contributed by atoms with van der Waals surface area (Å²) < 4.78 is 0. The molecule has 0 amide bonds. The summed E-state index contributed by atoms with van der Waals surface area (Å²) in [6.07, 6.45) is 1.39.